The molecule has 14 nitrogen and oxygen atoms in total. The molecule has 4 N–H and O–H groups in total. The van der Waals surface area contributed by atoms with E-state index in [9.17, 15) is 38.7 Å². The molecule has 0 radical (unpaired) electrons. The van der Waals surface area contributed by atoms with Gasteiger partial charge in [0.2, 0.25) is 17.7 Å². The zero-order chi connectivity index (χ0) is 38.1. The largest absolute Gasteiger partial charge is 0.480 e. The molecule has 1 aliphatic heterocycles. The molecule has 5 atom stereocenters. The molecule has 278 valence electrons. The maximum Gasteiger partial charge on any atom is 0.333 e. The second-order valence-electron chi connectivity index (χ2n) is 15.0. The summed E-state index contributed by atoms with van der Waals surface area (Å²) in [6, 6.07) is 6.17. The molecule has 0 spiro atoms. The number of hydroxylamine groups is 2. The van der Waals surface area contributed by atoms with Gasteiger partial charge >= 0.3 is 11.9 Å². The third-order valence-corrected chi connectivity index (χ3v) is 9.30. The van der Waals surface area contributed by atoms with Gasteiger partial charge < -0.3 is 30.8 Å². The Kier molecular flexibility index (Phi) is 14.7. The van der Waals surface area contributed by atoms with Gasteiger partial charge in [-0.15, -0.1) is 5.06 Å². The fourth-order valence-electron chi connectivity index (χ4n) is 6.08. The first-order valence-corrected chi connectivity index (χ1v) is 17.0. The summed E-state index contributed by atoms with van der Waals surface area (Å²) in [4.78, 5) is 95.1. The Bertz CT molecular complexity index is 1390. The number of rotatable bonds is 17. The van der Waals surface area contributed by atoms with Crippen molar-refractivity contribution in [1.82, 2.24) is 25.9 Å². The van der Waals surface area contributed by atoms with Crippen molar-refractivity contribution in [3.63, 3.8) is 0 Å². The van der Waals surface area contributed by atoms with Gasteiger partial charge in [0.1, 0.15) is 12.1 Å². The lowest BCUT2D eigenvalue weighted by atomic mass is 9.76. The lowest BCUT2D eigenvalue weighted by Crippen LogP contribution is -2.62. The Morgan fingerprint density at radius 1 is 0.900 bits per heavy atom. The number of imide groups is 1. The molecular formula is C36H55N5O9. The van der Waals surface area contributed by atoms with E-state index in [-0.39, 0.29) is 43.4 Å². The minimum absolute atomic E-state index is 0.0780. The molecule has 2 rings (SSSR count). The van der Waals surface area contributed by atoms with Crippen molar-refractivity contribution in [1.29, 1.82) is 0 Å². The number of benzene rings is 1. The number of hydrogen-bond donors (Lipinski definition) is 4. The summed E-state index contributed by atoms with van der Waals surface area (Å²) in [5.74, 6) is -5.79. The average Bonchev–Trinajstić information content (AvgIpc) is 3.35. The van der Waals surface area contributed by atoms with Crippen LogP contribution in [0.25, 0.3) is 0 Å². The van der Waals surface area contributed by atoms with E-state index in [0.29, 0.717) is 5.06 Å². The number of nitrogens with one attached hydrogen (secondary N) is 3. The molecule has 0 saturated carbocycles. The Labute approximate surface area is 295 Å². The normalized spacial score (nSPS) is 16.7. The fraction of sp³-hybridized carbons (Fsp3) is 0.639. The van der Waals surface area contributed by atoms with Crippen LogP contribution in [0.5, 0.6) is 0 Å². The molecule has 14 heteroatoms. The Morgan fingerprint density at radius 3 is 1.94 bits per heavy atom. The maximum absolute atomic E-state index is 14.2. The van der Waals surface area contributed by atoms with Crippen molar-refractivity contribution in [3.8, 4) is 0 Å². The molecule has 1 saturated heterocycles. The Morgan fingerprint density at radius 2 is 1.46 bits per heavy atom. The third kappa shape index (κ3) is 10.8. The van der Waals surface area contributed by atoms with Crippen LogP contribution in [0.2, 0.25) is 0 Å². The van der Waals surface area contributed by atoms with Gasteiger partial charge in [-0.2, -0.15) is 0 Å². The summed E-state index contributed by atoms with van der Waals surface area (Å²) in [6.45, 7) is 15.0. The van der Waals surface area contributed by atoms with E-state index in [0.717, 1.165) is 5.56 Å². The number of hydrogen-bond acceptors (Lipinski definition) is 9. The van der Waals surface area contributed by atoms with Gasteiger partial charge in [-0.05, 0) is 36.8 Å². The van der Waals surface area contributed by atoms with Crippen LogP contribution in [0, 0.1) is 17.3 Å². The number of carboxylic acids is 1. The number of carbonyl (C=O) groups is 7. The van der Waals surface area contributed by atoms with Crippen molar-refractivity contribution >= 4 is 41.5 Å². The van der Waals surface area contributed by atoms with Gasteiger partial charge in [-0.1, -0.05) is 85.7 Å². The minimum atomic E-state index is -1.44. The lowest BCUT2D eigenvalue weighted by Gasteiger charge is -2.40. The maximum atomic E-state index is 14.2. The molecule has 50 heavy (non-hydrogen) atoms. The molecule has 0 bridgehead atoms. The fourth-order valence-corrected chi connectivity index (χ4v) is 6.08. The van der Waals surface area contributed by atoms with Gasteiger partial charge in [0.05, 0.1) is 12.5 Å². The van der Waals surface area contributed by atoms with Crippen LogP contribution in [0.4, 0.5) is 0 Å². The van der Waals surface area contributed by atoms with Gasteiger partial charge in [-0.25, -0.2) is 9.59 Å². The van der Waals surface area contributed by atoms with E-state index < -0.39 is 77.0 Å². The van der Waals surface area contributed by atoms with Crippen LogP contribution < -0.4 is 16.0 Å². The summed E-state index contributed by atoms with van der Waals surface area (Å²) in [7, 11) is 3.34. The van der Waals surface area contributed by atoms with Crippen molar-refractivity contribution < 1.29 is 43.5 Å². The van der Waals surface area contributed by atoms with Gasteiger partial charge in [0.15, 0.2) is 0 Å². The van der Waals surface area contributed by atoms with E-state index in [1.54, 1.807) is 25.9 Å². The quantitative estimate of drug-likeness (QED) is 0.176. The molecule has 1 fully saturated rings. The number of nitrogens with zero attached hydrogens (tertiary/aromatic N) is 2. The van der Waals surface area contributed by atoms with Crippen molar-refractivity contribution in [2.24, 2.45) is 17.3 Å². The molecule has 0 aromatic heterocycles. The number of amides is 5. The zero-order valence-corrected chi connectivity index (χ0v) is 31.0. The highest BCUT2D eigenvalue weighted by atomic mass is 16.7. The topological polar surface area (TPSA) is 192 Å². The summed E-state index contributed by atoms with van der Waals surface area (Å²) in [6.07, 6.45) is -0.775. The lowest BCUT2D eigenvalue weighted by molar-refractivity contribution is -0.197. The van der Waals surface area contributed by atoms with E-state index >= 15 is 0 Å². The monoisotopic (exact) mass is 701 g/mol. The standard InChI is InChI=1S/C36H55N5O9/c1-21(2)25(20-22(3)31(45)38-24(34(48)49)16-19-28(44)50-41-26(42)17-18-27(41)43)40(10)33(47)30(35(4,5)6)39-32(46)29(37-9)36(7,8)23-14-12-11-13-15-23/h11-15,21-22,24-25,29-30,37H,16-20H2,1-10H3,(H,38,45)(H,39,46)(H,48,49)/t22?,24?,25-,29-,30?/m1/s1. The van der Waals surface area contributed by atoms with E-state index in [1.807, 2.05) is 78.8 Å². The van der Waals surface area contributed by atoms with Gasteiger partial charge in [-0.3, -0.25) is 24.0 Å². The zero-order valence-electron chi connectivity index (χ0n) is 31.0. The van der Waals surface area contributed by atoms with Crippen LogP contribution in [0.3, 0.4) is 0 Å². The predicted molar refractivity (Wildman–Crippen MR) is 185 cm³/mol. The molecule has 1 aromatic carbocycles. The SMILES string of the molecule is CN[C@H](C(=O)NC(C(=O)N(C)[C@H](CC(C)C(=O)NC(CCC(=O)ON1C(=O)CCC1=O)C(=O)O)C(C)C)C(C)(C)C)C(C)(C)c1ccccc1. The molecule has 0 aliphatic carbocycles. The summed E-state index contributed by atoms with van der Waals surface area (Å²) in [5, 5.41) is 18.7. The molecule has 3 unspecified atom stereocenters. The molecular weight excluding hydrogens is 646 g/mol. The summed E-state index contributed by atoms with van der Waals surface area (Å²) < 4.78 is 0. The van der Waals surface area contributed by atoms with E-state index in [2.05, 4.69) is 16.0 Å². The van der Waals surface area contributed by atoms with Crippen LogP contribution >= 0.6 is 0 Å². The number of carbonyl (C=O) groups excluding carboxylic acids is 6. The highest BCUT2D eigenvalue weighted by Crippen LogP contribution is 2.29. The van der Waals surface area contributed by atoms with Gasteiger partial charge in [0, 0.05) is 37.3 Å². The molecule has 1 heterocycles. The highest BCUT2D eigenvalue weighted by molar-refractivity contribution is 6.01. The van der Waals surface area contributed by atoms with Crippen LogP contribution in [0.1, 0.15) is 93.1 Å². The number of aliphatic carboxylic acids is 1. The second kappa shape index (κ2) is 17.6. The first kappa shape index (κ1) is 41.8. The smallest absolute Gasteiger partial charge is 0.333 e. The minimum Gasteiger partial charge on any atom is -0.480 e. The van der Waals surface area contributed by atoms with Crippen LogP contribution in [-0.2, 0) is 43.8 Å². The first-order valence-electron chi connectivity index (χ1n) is 17.0. The summed E-state index contributed by atoms with van der Waals surface area (Å²) in [5.41, 5.74) is -0.329. The highest BCUT2D eigenvalue weighted by Gasteiger charge is 2.42. The van der Waals surface area contributed by atoms with Gasteiger partial charge in [0.25, 0.3) is 11.8 Å². The Balaban J connectivity index is 2.14. The third-order valence-electron chi connectivity index (χ3n) is 9.30. The number of likely N-dealkylation sites (N-methyl/N-ethyl adjacent to an activating group) is 2. The molecule has 5 amide bonds. The molecule has 1 aromatic rings. The second-order valence-corrected chi connectivity index (χ2v) is 15.0. The van der Waals surface area contributed by atoms with E-state index in [1.165, 1.54) is 0 Å². The van der Waals surface area contributed by atoms with Crippen LogP contribution in [0.15, 0.2) is 30.3 Å². The summed E-state index contributed by atoms with van der Waals surface area (Å²) >= 11 is 0. The van der Waals surface area contributed by atoms with Crippen molar-refractivity contribution in [2.75, 3.05) is 14.1 Å². The molecule has 1 aliphatic rings. The Hall–Kier alpha value is -4.33. The van der Waals surface area contributed by atoms with Crippen molar-refractivity contribution in [2.45, 2.75) is 117 Å². The van der Waals surface area contributed by atoms with Crippen LogP contribution in [-0.4, -0.2) is 94.8 Å². The predicted octanol–water partition coefficient (Wildman–Crippen LogP) is 2.55. The van der Waals surface area contributed by atoms with Crippen molar-refractivity contribution in [3.05, 3.63) is 35.9 Å². The number of carboxylic acid groups (broad SMARTS) is 1. The van der Waals surface area contributed by atoms with E-state index in [4.69, 9.17) is 4.84 Å². The first-order chi connectivity index (χ1) is 23.1. The average molecular weight is 702 g/mol.